The van der Waals surface area contributed by atoms with Crippen LogP contribution in [0.25, 0.3) is 0 Å². The van der Waals surface area contributed by atoms with E-state index in [0.717, 1.165) is 18.4 Å². The van der Waals surface area contributed by atoms with Gasteiger partial charge in [-0.3, -0.25) is 5.32 Å². The van der Waals surface area contributed by atoms with Gasteiger partial charge in [0.25, 0.3) is 0 Å². The molecule has 0 radical (unpaired) electrons. The Morgan fingerprint density at radius 2 is 1.82 bits per heavy atom. The molecule has 22 heavy (non-hydrogen) atoms. The number of nitrogens with zero attached hydrogens (tertiary/aromatic N) is 1. The number of pyridine rings is 1. The zero-order valence-electron chi connectivity index (χ0n) is 13.3. The third kappa shape index (κ3) is 5.20. The maximum absolute atomic E-state index is 11.9. The van der Waals surface area contributed by atoms with Gasteiger partial charge in [0.15, 0.2) is 0 Å². The molecule has 0 aliphatic rings. The number of nitrogens with one attached hydrogen (secondary N) is 1. The number of carbonyl (C=O) groups excluding carboxylic acids is 1. The van der Waals surface area contributed by atoms with Crippen molar-refractivity contribution in [1.29, 1.82) is 0 Å². The number of aromatic nitrogens is 1. The Labute approximate surface area is 131 Å². The Morgan fingerprint density at radius 3 is 2.50 bits per heavy atom. The molecule has 1 N–H and O–H groups in total. The third-order valence-corrected chi connectivity index (χ3v) is 3.04. The van der Waals surface area contributed by atoms with E-state index in [1.165, 1.54) is 5.56 Å². The highest BCUT2D eigenvalue weighted by atomic mass is 16.6. The van der Waals surface area contributed by atoms with Gasteiger partial charge in [-0.1, -0.05) is 36.4 Å². The average Bonchev–Trinajstić information content (AvgIpc) is 2.45. The van der Waals surface area contributed by atoms with E-state index >= 15 is 0 Å². The number of anilines is 1. The number of ether oxygens (including phenoxy) is 1. The standard InChI is InChI=1S/C18H22N2O2/c1-18(2,3)22-17(21)20-16-15(10-7-13-19-16)12-11-14-8-5-4-6-9-14/h4-10,13H,11-12H2,1-3H3,(H,19,20,21). The monoisotopic (exact) mass is 298 g/mol. The van der Waals surface area contributed by atoms with Crippen LogP contribution in [0.15, 0.2) is 48.7 Å². The van der Waals surface area contributed by atoms with E-state index in [1.54, 1.807) is 6.20 Å². The summed E-state index contributed by atoms with van der Waals surface area (Å²) in [7, 11) is 0. The molecule has 4 heteroatoms. The molecule has 0 unspecified atom stereocenters. The lowest BCUT2D eigenvalue weighted by Crippen LogP contribution is -2.27. The van der Waals surface area contributed by atoms with Crippen LogP contribution in [0.2, 0.25) is 0 Å². The van der Waals surface area contributed by atoms with Gasteiger partial charge in [0.2, 0.25) is 0 Å². The Morgan fingerprint density at radius 1 is 1.09 bits per heavy atom. The second-order valence-corrected chi connectivity index (χ2v) is 6.12. The lowest BCUT2D eigenvalue weighted by molar-refractivity contribution is 0.0635. The van der Waals surface area contributed by atoms with Gasteiger partial charge in [0, 0.05) is 6.20 Å². The molecule has 2 rings (SSSR count). The molecular formula is C18H22N2O2. The fraction of sp³-hybridized carbons (Fsp3) is 0.333. The van der Waals surface area contributed by atoms with Gasteiger partial charge < -0.3 is 4.74 Å². The third-order valence-electron chi connectivity index (χ3n) is 3.04. The fourth-order valence-corrected chi connectivity index (χ4v) is 2.08. The van der Waals surface area contributed by atoms with Gasteiger partial charge in [0.05, 0.1) is 0 Å². The van der Waals surface area contributed by atoms with E-state index < -0.39 is 11.7 Å². The smallest absolute Gasteiger partial charge is 0.413 e. The molecule has 1 aromatic carbocycles. The van der Waals surface area contributed by atoms with Crippen molar-refractivity contribution in [2.24, 2.45) is 0 Å². The molecular weight excluding hydrogens is 276 g/mol. The van der Waals surface area contributed by atoms with Crippen LogP contribution in [0.3, 0.4) is 0 Å². The van der Waals surface area contributed by atoms with Gasteiger partial charge in [0.1, 0.15) is 11.4 Å². The molecule has 1 heterocycles. The molecule has 2 aromatic rings. The summed E-state index contributed by atoms with van der Waals surface area (Å²) >= 11 is 0. The second kappa shape index (κ2) is 7.07. The minimum absolute atomic E-state index is 0.479. The number of hydrogen-bond acceptors (Lipinski definition) is 3. The van der Waals surface area contributed by atoms with Crippen LogP contribution in [0.1, 0.15) is 31.9 Å². The molecule has 0 bridgehead atoms. The van der Waals surface area contributed by atoms with Crippen LogP contribution in [0.4, 0.5) is 10.6 Å². The van der Waals surface area contributed by atoms with Crippen molar-refractivity contribution >= 4 is 11.9 Å². The van der Waals surface area contributed by atoms with E-state index in [0.29, 0.717) is 5.82 Å². The topological polar surface area (TPSA) is 51.2 Å². The molecule has 4 nitrogen and oxygen atoms in total. The first-order valence-corrected chi connectivity index (χ1v) is 7.42. The molecule has 0 aliphatic carbocycles. The highest BCUT2D eigenvalue weighted by Crippen LogP contribution is 2.16. The first kappa shape index (κ1) is 16.0. The fourth-order valence-electron chi connectivity index (χ4n) is 2.08. The Hall–Kier alpha value is -2.36. The normalized spacial score (nSPS) is 11.0. The van der Waals surface area contributed by atoms with Crippen molar-refractivity contribution in [3.63, 3.8) is 0 Å². The zero-order valence-corrected chi connectivity index (χ0v) is 13.3. The van der Waals surface area contributed by atoms with Crippen LogP contribution in [0.5, 0.6) is 0 Å². The minimum Gasteiger partial charge on any atom is -0.444 e. The number of aryl methyl sites for hydroxylation is 2. The Kier molecular flexibility index (Phi) is 5.15. The number of benzene rings is 1. The van der Waals surface area contributed by atoms with Gasteiger partial charge in [-0.05, 0) is 50.8 Å². The molecule has 0 saturated carbocycles. The van der Waals surface area contributed by atoms with Gasteiger partial charge in [-0.15, -0.1) is 0 Å². The molecule has 0 fully saturated rings. The van der Waals surface area contributed by atoms with Crippen LogP contribution < -0.4 is 5.32 Å². The van der Waals surface area contributed by atoms with Crippen molar-refractivity contribution in [1.82, 2.24) is 4.98 Å². The van der Waals surface area contributed by atoms with Crippen LogP contribution >= 0.6 is 0 Å². The molecule has 116 valence electrons. The second-order valence-electron chi connectivity index (χ2n) is 6.12. The molecule has 0 saturated heterocycles. The Balaban J connectivity index is 2.02. The summed E-state index contributed by atoms with van der Waals surface area (Å²) in [5, 5.41) is 2.73. The summed E-state index contributed by atoms with van der Waals surface area (Å²) < 4.78 is 5.27. The summed E-state index contributed by atoms with van der Waals surface area (Å²) in [4.78, 5) is 16.1. The predicted molar refractivity (Wildman–Crippen MR) is 87.9 cm³/mol. The van der Waals surface area contributed by atoms with Gasteiger partial charge in [-0.2, -0.15) is 0 Å². The highest BCUT2D eigenvalue weighted by Gasteiger charge is 2.17. The SMILES string of the molecule is CC(C)(C)OC(=O)Nc1ncccc1CCc1ccccc1. The number of hydrogen-bond donors (Lipinski definition) is 1. The van der Waals surface area contributed by atoms with Crippen molar-refractivity contribution < 1.29 is 9.53 Å². The van der Waals surface area contributed by atoms with Crippen molar-refractivity contribution in [2.75, 3.05) is 5.32 Å². The van der Waals surface area contributed by atoms with Crippen molar-refractivity contribution in [3.8, 4) is 0 Å². The maximum Gasteiger partial charge on any atom is 0.413 e. The summed E-state index contributed by atoms with van der Waals surface area (Å²) in [6.45, 7) is 5.50. The van der Waals surface area contributed by atoms with E-state index in [4.69, 9.17) is 4.74 Å². The van der Waals surface area contributed by atoms with Crippen LogP contribution in [-0.4, -0.2) is 16.7 Å². The van der Waals surface area contributed by atoms with Gasteiger partial charge >= 0.3 is 6.09 Å². The predicted octanol–water partition coefficient (Wildman–Crippen LogP) is 4.21. The molecule has 0 atom stereocenters. The van der Waals surface area contributed by atoms with Crippen molar-refractivity contribution in [3.05, 3.63) is 59.8 Å². The Bertz CT molecular complexity index is 618. The van der Waals surface area contributed by atoms with E-state index in [1.807, 2.05) is 51.1 Å². The summed E-state index contributed by atoms with van der Waals surface area (Å²) in [5.41, 5.74) is 1.73. The number of rotatable bonds is 4. The molecule has 1 aromatic heterocycles. The maximum atomic E-state index is 11.9. The summed E-state index contributed by atoms with van der Waals surface area (Å²) in [6.07, 6.45) is 2.89. The lowest BCUT2D eigenvalue weighted by Gasteiger charge is -2.20. The average molecular weight is 298 g/mol. The summed E-state index contributed by atoms with van der Waals surface area (Å²) in [5.74, 6) is 0.563. The van der Waals surface area contributed by atoms with E-state index in [-0.39, 0.29) is 0 Å². The first-order chi connectivity index (χ1) is 10.4. The highest BCUT2D eigenvalue weighted by molar-refractivity contribution is 5.84. The van der Waals surface area contributed by atoms with E-state index in [2.05, 4.69) is 22.4 Å². The lowest BCUT2D eigenvalue weighted by atomic mass is 10.1. The van der Waals surface area contributed by atoms with Crippen LogP contribution in [-0.2, 0) is 17.6 Å². The quantitative estimate of drug-likeness (QED) is 0.919. The number of carbonyl (C=O) groups is 1. The van der Waals surface area contributed by atoms with Gasteiger partial charge in [-0.25, -0.2) is 9.78 Å². The van der Waals surface area contributed by atoms with E-state index in [9.17, 15) is 4.79 Å². The molecule has 0 aliphatic heterocycles. The largest absolute Gasteiger partial charge is 0.444 e. The molecule has 0 spiro atoms. The van der Waals surface area contributed by atoms with Crippen molar-refractivity contribution in [2.45, 2.75) is 39.2 Å². The van der Waals surface area contributed by atoms with Crippen LogP contribution in [0, 0.1) is 0 Å². The first-order valence-electron chi connectivity index (χ1n) is 7.42. The zero-order chi connectivity index (χ0) is 16.0. The summed E-state index contributed by atoms with van der Waals surface area (Å²) in [6, 6.07) is 14.1. The minimum atomic E-state index is -0.525. The number of amides is 1. The molecule has 1 amide bonds.